The molecule has 0 atom stereocenters. The van der Waals surface area contributed by atoms with Crippen LogP contribution in [0, 0.1) is 0 Å². The average Bonchev–Trinajstić information content (AvgIpc) is 2.03. The summed E-state index contributed by atoms with van der Waals surface area (Å²) in [6.45, 7) is 0. The number of carbonyl (C=O) groups excluding carboxylic acids is 1. The Morgan fingerprint density at radius 2 is 2.45 bits per heavy atom. The van der Waals surface area contributed by atoms with Gasteiger partial charge in [-0.25, -0.2) is 0 Å². The normalized spacial score (nSPS) is 9.27. The highest BCUT2D eigenvalue weighted by molar-refractivity contribution is 6.30. The van der Waals surface area contributed by atoms with Crippen molar-refractivity contribution in [2.45, 2.75) is 0 Å². The van der Waals surface area contributed by atoms with E-state index in [1.807, 2.05) is 0 Å². The largest absolute Gasteiger partial charge is 0.354 e. The van der Waals surface area contributed by atoms with Crippen LogP contribution >= 0.6 is 11.6 Å². The van der Waals surface area contributed by atoms with Gasteiger partial charge in [0.15, 0.2) is 5.69 Å². The van der Waals surface area contributed by atoms with E-state index in [1.54, 1.807) is 0 Å². The molecule has 1 amide bonds. The number of nitrogens with one attached hydrogen (secondary N) is 1. The van der Waals surface area contributed by atoms with Gasteiger partial charge in [-0.05, 0) is 6.07 Å². The Hall–Kier alpha value is -1.16. The predicted octanol–water partition coefficient (Wildman–Crippen LogP) is 0.490. The van der Waals surface area contributed by atoms with E-state index in [9.17, 15) is 4.79 Å². The highest BCUT2D eigenvalue weighted by Gasteiger charge is 2.04. The first-order chi connectivity index (χ1) is 5.24. The molecular formula is C6H6ClN3O. The van der Waals surface area contributed by atoms with Crippen molar-refractivity contribution in [2.24, 2.45) is 0 Å². The molecule has 0 saturated heterocycles. The Morgan fingerprint density at radius 1 is 1.73 bits per heavy atom. The van der Waals surface area contributed by atoms with Gasteiger partial charge >= 0.3 is 0 Å². The van der Waals surface area contributed by atoms with Crippen LogP contribution in [-0.2, 0) is 0 Å². The highest BCUT2D eigenvalue weighted by atomic mass is 35.5. The zero-order valence-corrected chi connectivity index (χ0v) is 6.59. The zero-order valence-electron chi connectivity index (χ0n) is 5.84. The fourth-order valence-electron chi connectivity index (χ4n) is 0.582. The second-order valence-corrected chi connectivity index (χ2v) is 2.27. The van der Waals surface area contributed by atoms with Gasteiger partial charge in [-0.2, -0.15) is 5.10 Å². The van der Waals surface area contributed by atoms with Gasteiger partial charge in [0.1, 0.15) is 0 Å². The average molecular weight is 172 g/mol. The monoisotopic (exact) mass is 171 g/mol. The van der Waals surface area contributed by atoms with Crippen molar-refractivity contribution in [2.75, 3.05) is 7.05 Å². The molecule has 1 aromatic heterocycles. The summed E-state index contributed by atoms with van der Waals surface area (Å²) in [6.07, 6.45) is 1.37. The third-order valence-corrected chi connectivity index (χ3v) is 1.29. The topological polar surface area (TPSA) is 54.9 Å². The maximum Gasteiger partial charge on any atom is 0.271 e. The number of hydrogen-bond acceptors (Lipinski definition) is 3. The molecule has 58 valence electrons. The molecule has 0 spiro atoms. The summed E-state index contributed by atoms with van der Waals surface area (Å²) in [5, 5.41) is 9.88. The van der Waals surface area contributed by atoms with Crippen LogP contribution in [-0.4, -0.2) is 23.2 Å². The lowest BCUT2D eigenvalue weighted by Crippen LogP contribution is -2.19. The molecule has 0 fully saturated rings. The number of hydrogen-bond donors (Lipinski definition) is 1. The summed E-state index contributed by atoms with van der Waals surface area (Å²) in [7, 11) is 1.52. The minimum Gasteiger partial charge on any atom is -0.354 e. The minimum absolute atomic E-state index is 0.222. The maximum absolute atomic E-state index is 10.9. The van der Waals surface area contributed by atoms with Crippen LogP contribution in [0.1, 0.15) is 10.5 Å². The molecule has 0 aromatic carbocycles. The summed E-state index contributed by atoms with van der Waals surface area (Å²) in [6, 6.07) is 1.45. The number of nitrogens with zero attached hydrogens (tertiary/aromatic N) is 2. The number of halogens is 1. The van der Waals surface area contributed by atoms with Gasteiger partial charge in [0, 0.05) is 7.05 Å². The molecule has 0 saturated carbocycles. The van der Waals surface area contributed by atoms with E-state index in [2.05, 4.69) is 15.5 Å². The molecule has 0 aliphatic heterocycles. The summed E-state index contributed by atoms with van der Waals surface area (Å²) in [4.78, 5) is 10.9. The van der Waals surface area contributed by atoms with Gasteiger partial charge in [0.25, 0.3) is 5.91 Å². The van der Waals surface area contributed by atoms with Crippen molar-refractivity contribution in [1.82, 2.24) is 15.5 Å². The van der Waals surface area contributed by atoms with Crippen LogP contribution in [0.5, 0.6) is 0 Å². The zero-order chi connectivity index (χ0) is 8.27. The lowest BCUT2D eigenvalue weighted by molar-refractivity contribution is 0.0957. The molecular weight excluding hydrogens is 166 g/mol. The van der Waals surface area contributed by atoms with Crippen LogP contribution in [0.3, 0.4) is 0 Å². The molecule has 11 heavy (non-hydrogen) atoms. The second kappa shape index (κ2) is 3.30. The molecule has 0 aliphatic rings. The first-order valence-electron chi connectivity index (χ1n) is 2.94. The van der Waals surface area contributed by atoms with Crippen molar-refractivity contribution in [1.29, 1.82) is 0 Å². The van der Waals surface area contributed by atoms with Crippen LogP contribution < -0.4 is 5.32 Å². The number of aromatic nitrogens is 2. The van der Waals surface area contributed by atoms with Gasteiger partial charge < -0.3 is 5.32 Å². The quantitative estimate of drug-likeness (QED) is 0.669. The molecule has 0 bridgehead atoms. The molecule has 1 rings (SSSR count). The molecule has 0 radical (unpaired) electrons. The third kappa shape index (κ3) is 1.88. The lowest BCUT2D eigenvalue weighted by atomic mass is 10.4. The Morgan fingerprint density at radius 3 is 3.00 bits per heavy atom. The van der Waals surface area contributed by atoms with E-state index in [-0.39, 0.29) is 11.6 Å². The van der Waals surface area contributed by atoms with Crippen molar-refractivity contribution in [3.8, 4) is 0 Å². The maximum atomic E-state index is 10.9. The van der Waals surface area contributed by atoms with Crippen LogP contribution in [0.2, 0.25) is 5.02 Å². The number of rotatable bonds is 1. The van der Waals surface area contributed by atoms with Crippen LogP contribution in [0.4, 0.5) is 0 Å². The van der Waals surface area contributed by atoms with Crippen molar-refractivity contribution >= 4 is 17.5 Å². The van der Waals surface area contributed by atoms with Crippen LogP contribution in [0.15, 0.2) is 12.3 Å². The summed E-state index contributed by atoms with van der Waals surface area (Å²) < 4.78 is 0. The van der Waals surface area contributed by atoms with Crippen molar-refractivity contribution in [3.05, 3.63) is 23.0 Å². The summed E-state index contributed by atoms with van der Waals surface area (Å²) in [5.41, 5.74) is 0.222. The summed E-state index contributed by atoms with van der Waals surface area (Å²) in [5.74, 6) is -0.292. The van der Waals surface area contributed by atoms with Gasteiger partial charge in [-0.3, -0.25) is 4.79 Å². The molecule has 1 heterocycles. The third-order valence-electron chi connectivity index (χ3n) is 1.08. The fourth-order valence-corrected chi connectivity index (χ4v) is 0.729. The number of amides is 1. The first kappa shape index (κ1) is 7.94. The van der Waals surface area contributed by atoms with E-state index in [1.165, 1.54) is 19.3 Å². The van der Waals surface area contributed by atoms with Crippen molar-refractivity contribution < 1.29 is 4.79 Å². The van der Waals surface area contributed by atoms with Gasteiger partial charge in [0.2, 0.25) is 0 Å². The van der Waals surface area contributed by atoms with Gasteiger partial charge in [-0.15, -0.1) is 5.10 Å². The van der Waals surface area contributed by atoms with Crippen molar-refractivity contribution in [3.63, 3.8) is 0 Å². The van der Waals surface area contributed by atoms with Gasteiger partial charge in [-0.1, -0.05) is 11.6 Å². The predicted molar refractivity (Wildman–Crippen MR) is 40.4 cm³/mol. The Kier molecular flexibility index (Phi) is 2.38. The Balaban J connectivity index is 2.96. The second-order valence-electron chi connectivity index (χ2n) is 1.84. The Labute approximate surface area is 68.6 Å². The standard InChI is InChI=1S/C6H6ClN3O/c1-8-6(11)5-2-4(7)3-9-10-5/h2-3H,1H3,(H,8,11). The SMILES string of the molecule is CNC(=O)c1cc(Cl)cnn1. The lowest BCUT2D eigenvalue weighted by Gasteiger charge is -1.95. The van der Waals surface area contributed by atoms with E-state index >= 15 is 0 Å². The molecule has 1 aromatic rings. The molecule has 1 N–H and O–H groups in total. The van der Waals surface area contributed by atoms with E-state index in [0.29, 0.717) is 5.02 Å². The minimum atomic E-state index is -0.292. The van der Waals surface area contributed by atoms with Gasteiger partial charge in [0.05, 0.1) is 11.2 Å². The highest BCUT2D eigenvalue weighted by Crippen LogP contribution is 2.05. The first-order valence-corrected chi connectivity index (χ1v) is 3.32. The molecule has 5 heteroatoms. The fraction of sp³-hybridized carbons (Fsp3) is 0.167. The van der Waals surface area contributed by atoms with E-state index in [0.717, 1.165) is 0 Å². The molecule has 0 unspecified atom stereocenters. The smallest absolute Gasteiger partial charge is 0.271 e. The Bertz CT molecular complexity index is 276. The number of carbonyl (C=O) groups is 1. The van der Waals surface area contributed by atoms with Crippen LogP contribution in [0.25, 0.3) is 0 Å². The van der Waals surface area contributed by atoms with E-state index < -0.39 is 0 Å². The molecule has 0 aliphatic carbocycles. The van der Waals surface area contributed by atoms with E-state index in [4.69, 9.17) is 11.6 Å². The summed E-state index contributed by atoms with van der Waals surface area (Å²) >= 11 is 5.56. The molecule has 4 nitrogen and oxygen atoms in total.